The number of hydrogen-bond donors (Lipinski definition) is 1. The van der Waals surface area contributed by atoms with E-state index in [-0.39, 0.29) is 11.8 Å². The zero-order valence-corrected chi connectivity index (χ0v) is 12.9. The normalized spacial score (nSPS) is 11.9. The molecule has 110 valence electrons. The minimum atomic E-state index is -0.169. The van der Waals surface area contributed by atoms with Gasteiger partial charge in [0.2, 0.25) is 5.91 Å². The van der Waals surface area contributed by atoms with Crippen molar-refractivity contribution in [2.45, 2.75) is 25.7 Å². The molecule has 1 N–H and O–H groups in total. The number of aryl methyl sites for hydroxylation is 1. The van der Waals surface area contributed by atoms with Gasteiger partial charge < -0.3 is 5.32 Å². The van der Waals surface area contributed by atoms with Crippen molar-refractivity contribution < 1.29 is 4.79 Å². The predicted octanol–water partition coefficient (Wildman–Crippen LogP) is 4.60. The van der Waals surface area contributed by atoms with Crippen molar-refractivity contribution in [2.24, 2.45) is 0 Å². The summed E-state index contributed by atoms with van der Waals surface area (Å²) in [6.45, 7) is 1.92. The molecule has 0 radical (unpaired) electrons. The summed E-state index contributed by atoms with van der Waals surface area (Å²) in [4.78, 5) is 12.3. The van der Waals surface area contributed by atoms with Gasteiger partial charge in [0.25, 0.3) is 0 Å². The Morgan fingerprint density at radius 2 is 1.90 bits per heavy atom. The van der Waals surface area contributed by atoms with Gasteiger partial charge in [-0.25, -0.2) is 0 Å². The number of hydrogen-bond acceptors (Lipinski definition) is 1. The summed E-state index contributed by atoms with van der Waals surface area (Å²) in [5, 5.41) is 2.99. The van der Waals surface area contributed by atoms with E-state index in [0.29, 0.717) is 5.88 Å². The molecule has 0 fully saturated rings. The Morgan fingerprint density at radius 1 is 1.14 bits per heavy atom. The summed E-state index contributed by atoms with van der Waals surface area (Å²) in [6.07, 6.45) is 1.88. The molecule has 1 atom stereocenters. The smallest absolute Gasteiger partial charge is 0.231 e. The summed E-state index contributed by atoms with van der Waals surface area (Å²) in [5.41, 5.74) is 3.06. The number of anilines is 1. The Labute approximate surface area is 131 Å². The van der Waals surface area contributed by atoms with Crippen molar-refractivity contribution in [1.29, 1.82) is 0 Å². The largest absolute Gasteiger partial charge is 0.326 e. The van der Waals surface area contributed by atoms with E-state index in [4.69, 9.17) is 11.6 Å². The first-order chi connectivity index (χ1) is 10.2. The highest BCUT2D eigenvalue weighted by atomic mass is 35.5. The lowest BCUT2D eigenvalue weighted by Gasteiger charge is -2.13. The quantitative estimate of drug-likeness (QED) is 0.776. The molecule has 0 aromatic heterocycles. The van der Waals surface area contributed by atoms with Crippen LogP contribution < -0.4 is 5.32 Å². The van der Waals surface area contributed by atoms with Crippen molar-refractivity contribution >= 4 is 23.2 Å². The number of rotatable bonds is 6. The van der Waals surface area contributed by atoms with Crippen LogP contribution in [0, 0.1) is 0 Å². The number of benzene rings is 2. The Kier molecular flexibility index (Phi) is 5.82. The molecule has 2 nitrogen and oxygen atoms in total. The van der Waals surface area contributed by atoms with Crippen molar-refractivity contribution in [3.05, 3.63) is 65.7 Å². The number of carbonyl (C=O) groups excluding carboxylic acids is 1. The molecule has 0 aliphatic heterocycles. The van der Waals surface area contributed by atoms with Gasteiger partial charge in [0.1, 0.15) is 0 Å². The third kappa shape index (κ3) is 4.61. The van der Waals surface area contributed by atoms with Crippen LogP contribution in [0.1, 0.15) is 30.4 Å². The molecule has 0 saturated heterocycles. The van der Waals surface area contributed by atoms with Gasteiger partial charge >= 0.3 is 0 Å². The van der Waals surface area contributed by atoms with Crippen LogP contribution in [0.4, 0.5) is 5.69 Å². The molecule has 0 aliphatic rings. The van der Waals surface area contributed by atoms with Crippen LogP contribution in [0.5, 0.6) is 0 Å². The molecule has 2 rings (SSSR count). The van der Waals surface area contributed by atoms with Crippen LogP contribution in [0.3, 0.4) is 0 Å². The molecule has 3 heteroatoms. The Bertz CT molecular complexity index is 583. The summed E-state index contributed by atoms with van der Waals surface area (Å²) in [5.74, 6) is 0.495. The minimum absolute atomic E-state index is 0.00990. The molecule has 1 amide bonds. The van der Waals surface area contributed by atoms with Gasteiger partial charge in [-0.15, -0.1) is 11.6 Å². The van der Waals surface area contributed by atoms with Crippen LogP contribution in [-0.4, -0.2) is 11.8 Å². The van der Waals surface area contributed by atoms with Crippen molar-refractivity contribution in [3.8, 4) is 0 Å². The van der Waals surface area contributed by atoms with Gasteiger partial charge in [0.15, 0.2) is 0 Å². The van der Waals surface area contributed by atoms with E-state index in [1.165, 1.54) is 5.56 Å². The molecule has 2 aromatic rings. The van der Waals surface area contributed by atoms with Gasteiger partial charge in [-0.05, 0) is 43.0 Å². The first-order valence-electron chi connectivity index (χ1n) is 7.21. The van der Waals surface area contributed by atoms with E-state index in [2.05, 4.69) is 11.4 Å². The number of halogens is 1. The molecular formula is C18H20ClNO. The molecule has 21 heavy (non-hydrogen) atoms. The SMILES string of the molecule is CC(C(=O)Nc1cccc(CCCCl)c1)c1ccccc1. The zero-order chi connectivity index (χ0) is 15.1. The third-order valence-electron chi connectivity index (χ3n) is 3.49. The van der Waals surface area contributed by atoms with E-state index < -0.39 is 0 Å². The molecule has 2 aromatic carbocycles. The maximum atomic E-state index is 12.3. The first kappa shape index (κ1) is 15.6. The molecule has 0 heterocycles. The second-order valence-corrected chi connectivity index (χ2v) is 5.49. The van der Waals surface area contributed by atoms with Crippen LogP contribution in [-0.2, 0) is 11.2 Å². The highest BCUT2D eigenvalue weighted by molar-refractivity contribution is 6.17. The van der Waals surface area contributed by atoms with E-state index in [9.17, 15) is 4.79 Å². The maximum absolute atomic E-state index is 12.3. The lowest BCUT2D eigenvalue weighted by Crippen LogP contribution is -2.18. The lowest BCUT2D eigenvalue weighted by atomic mass is 10.0. The molecule has 1 unspecified atom stereocenters. The molecule has 0 aliphatic carbocycles. The Balaban J connectivity index is 2.02. The topological polar surface area (TPSA) is 29.1 Å². The summed E-state index contributed by atoms with van der Waals surface area (Å²) >= 11 is 5.72. The standard InChI is InChI=1S/C18H20ClNO/c1-14(16-9-3-2-4-10-16)18(21)20-17-11-5-7-15(13-17)8-6-12-19/h2-5,7,9-11,13-14H,6,8,12H2,1H3,(H,20,21). The average molecular weight is 302 g/mol. The van der Waals surface area contributed by atoms with Gasteiger partial charge in [-0.2, -0.15) is 0 Å². The van der Waals surface area contributed by atoms with Crippen molar-refractivity contribution in [2.75, 3.05) is 11.2 Å². The van der Waals surface area contributed by atoms with Gasteiger partial charge in [-0.3, -0.25) is 4.79 Å². The van der Waals surface area contributed by atoms with E-state index in [0.717, 1.165) is 24.1 Å². The molecule has 0 spiro atoms. The van der Waals surface area contributed by atoms with Gasteiger partial charge in [-0.1, -0.05) is 42.5 Å². The summed E-state index contributed by atoms with van der Waals surface area (Å²) in [6, 6.07) is 17.8. The fraction of sp³-hybridized carbons (Fsp3) is 0.278. The Morgan fingerprint density at radius 3 is 2.62 bits per heavy atom. The van der Waals surface area contributed by atoms with Crippen molar-refractivity contribution in [1.82, 2.24) is 0 Å². The minimum Gasteiger partial charge on any atom is -0.326 e. The van der Waals surface area contributed by atoms with Gasteiger partial charge in [0.05, 0.1) is 5.92 Å². The summed E-state index contributed by atoms with van der Waals surface area (Å²) in [7, 11) is 0. The zero-order valence-electron chi connectivity index (χ0n) is 12.2. The number of carbonyl (C=O) groups is 1. The highest BCUT2D eigenvalue weighted by Crippen LogP contribution is 2.18. The number of alkyl halides is 1. The summed E-state index contributed by atoms with van der Waals surface area (Å²) < 4.78 is 0. The van der Waals surface area contributed by atoms with Crippen molar-refractivity contribution in [3.63, 3.8) is 0 Å². The maximum Gasteiger partial charge on any atom is 0.231 e. The fourth-order valence-electron chi connectivity index (χ4n) is 2.22. The monoisotopic (exact) mass is 301 g/mol. The second kappa shape index (κ2) is 7.84. The lowest BCUT2D eigenvalue weighted by molar-refractivity contribution is -0.117. The van der Waals surface area contributed by atoms with E-state index in [1.807, 2.05) is 55.5 Å². The average Bonchev–Trinajstić information content (AvgIpc) is 2.53. The number of amides is 1. The van der Waals surface area contributed by atoms with E-state index >= 15 is 0 Å². The van der Waals surface area contributed by atoms with Crippen LogP contribution >= 0.6 is 11.6 Å². The van der Waals surface area contributed by atoms with Gasteiger partial charge in [0, 0.05) is 11.6 Å². The molecule has 0 saturated carbocycles. The highest BCUT2D eigenvalue weighted by Gasteiger charge is 2.14. The fourth-order valence-corrected chi connectivity index (χ4v) is 2.35. The Hall–Kier alpha value is -1.80. The molecular weight excluding hydrogens is 282 g/mol. The predicted molar refractivity (Wildman–Crippen MR) is 89.0 cm³/mol. The van der Waals surface area contributed by atoms with Crippen LogP contribution in [0.15, 0.2) is 54.6 Å². The van der Waals surface area contributed by atoms with Crippen LogP contribution in [0.25, 0.3) is 0 Å². The second-order valence-electron chi connectivity index (χ2n) is 5.11. The molecule has 0 bridgehead atoms. The first-order valence-corrected chi connectivity index (χ1v) is 7.75. The van der Waals surface area contributed by atoms with E-state index in [1.54, 1.807) is 0 Å². The number of nitrogens with one attached hydrogen (secondary N) is 1. The third-order valence-corrected chi connectivity index (χ3v) is 3.75. The van der Waals surface area contributed by atoms with Crippen LogP contribution in [0.2, 0.25) is 0 Å².